The Morgan fingerprint density at radius 3 is 2.30 bits per heavy atom. The minimum Gasteiger partial charge on any atom is -0.478 e. The lowest BCUT2D eigenvalue weighted by atomic mass is 10.1. The number of amides is 1. The number of ether oxygens (including phenoxy) is 1. The van der Waals surface area contributed by atoms with Gasteiger partial charge in [-0.3, -0.25) is 0 Å². The molecule has 1 aromatic rings. The van der Waals surface area contributed by atoms with E-state index in [1.165, 1.54) is 12.1 Å². The van der Waals surface area contributed by atoms with Crippen molar-refractivity contribution >= 4 is 12.1 Å². The van der Waals surface area contributed by atoms with Gasteiger partial charge in [0.1, 0.15) is 5.60 Å². The number of rotatable bonds is 4. The van der Waals surface area contributed by atoms with Gasteiger partial charge in [0.15, 0.2) is 0 Å². The van der Waals surface area contributed by atoms with Gasteiger partial charge in [0.2, 0.25) is 0 Å². The van der Waals surface area contributed by atoms with Gasteiger partial charge in [-0.2, -0.15) is 0 Å². The standard InChI is InChI=1S/C14H20N2O4/c1-14(2,3)20-13(19)16-8-11(15)9-4-6-10(7-5-9)12(17)18/h4-7,11H,8,15H2,1-3H3,(H,16,19)(H,17,18). The molecular formula is C14H20N2O4. The summed E-state index contributed by atoms with van der Waals surface area (Å²) in [6.07, 6.45) is -0.532. The Morgan fingerprint density at radius 2 is 1.85 bits per heavy atom. The van der Waals surface area contributed by atoms with Crippen LogP contribution in [0.5, 0.6) is 0 Å². The van der Waals surface area contributed by atoms with Gasteiger partial charge in [0.05, 0.1) is 5.56 Å². The number of nitrogens with two attached hydrogens (primary N) is 1. The zero-order valence-corrected chi connectivity index (χ0v) is 11.8. The summed E-state index contributed by atoms with van der Waals surface area (Å²) in [6.45, 7) is 5.53. The predicted molar refractivity (Wildman–Crippen MR) is 74.6 cm³/mol. The van der Waals surface area contributed by atoms with Gasteiger partial charge in [0, 0.05) is 12.6 Å². The first-order valence-electron chi connectivity index (χ1n) is 6.25. The molecule has 1 aromatic carbocycles. The van der Waals surface area contributed by atoms with Crippen molar-refractivity contribution in [1.82, 2.24) is 5.32 Å². The summed E-state index contributed by atoms with van der Waals surface area (Å²) in [5, 5.41) is 11.4. The van der Waals surface area contributed by atoms with Gasteiger partial charge < -0.3 is 20.9 Å². The highest BCUT2D eigenvalue weighted by molar-refractivity contribution is 5.87. The van der Waals surface area contributed by atoms with E-state index in [9.17, 15) is 9.59 Å². The molecule has 1 amide bonds. The first-order chi connectivity index (χ1) is 9.19. The second kappa shape index (κ2) is 6.38. The topological polar surface area (TPSA) is 102 Å². The Kier molecular flexibility index (Phi) is 5.10. The van der Waals surface area contributed by atoms with Crippen molar-refractivity contribution in [2.24, 2.45) is 5.73 Å². The SMILES string of the molecule is CC(C)(C)OC(=O)NCC(N)c1ccc(C(=O)O)cc1. The molecule has 0 bridgehead atoms. The molecule has 1 unspecified atom stereocenters. The fourth-order valence-electron chi connectivity index (χ4n) is 1.50. The molecule has 110 valence electrons. The number of nitrogens with one attached hydrogen (secondary N) is 1. The van der Waals surface area contributed by atoms with E-state index in [0.29, 0.717) is 0 Å². The van der Waals surface area contributed by atoms with Crippen molar-refractivity contribution in [3.63, 3.8) is 0 Å². The van der Waals surface area contributed by atoms with E-state index >= 15 is 0 Å². The third-order valence-electron chi connectivity index (χ3n) is 2.45. The number of benzene rings is 1. The van der Waals surface area contributed by atoms with Gasteiger partial charge in [-0.05, 0) is 38.5 Å². The van der Waals surface area contributed by atoms with Crippen LogP contribution in [0.25, 0.3) is 0 Å². The number of hydrogen-bond donors (Lipinski definition) is 3. The van der Waals surface area contributed by atoms with Crippen LogP contribution in [0.1, 0.15) is 42.7 Å². The van der Waals surface area contributed by atoms with Gasteiger partial charge >= 0.3 is 12.1 Å². The number of alkyl carbamates (subject to hydrolysis) is 1. The third-order valence-corrected chi connectivity index (χ3v) is 2.45. The van der Waals surface area contributed by atoms with Crippen LogP contribution in [0.2, 0.25) is 0 Å². The van der Waals surface area contributed by atoms with E-state index in [1.54, 1.807) is 32.9 Å². The molecule has 6 nitrogen and oxygen atoms in total. The zero-order valence-electron chi connectivity index (χ0n) is 11.8. The van der Waals surface area contributed by atoms with Crippen molar-refractivity contribution < 1.29 is 19.4 Å². The summed E-state index contributed by atoms with van der Waals surface area (Å²) < 4.78 is 5.09. The smallest absolute Gasteiger partial charge is 0.407 e. The molecule has 1 atom stereocenters. The Morgan fingerprint density at radius 1 is 1.30 bits per heavy atom. The molecule has 6 heteroatoms. The molecule has 4 N–H and O–H groups in total. The monoisotopic (exact) mass is 280 g/mol. The molecule has 20 heavy (non-hydrogen) atoms. The lowest BCUT2D eigenvalue weighted by Gasteiger charge is -2.21. The van der Waals surface area contributed by atoms with Crippen molar-refractivity contribution in [2.45, 2.75) is 32.4 Å². The number of carbonyl (C=O) groups excluding carboxylic acids is 1. The van der Waals surface area contributed by atoms with Crippen LogP contribution >= 0.6 is 0 Å². The van der Waals surface area contributed by atoms with Gasteiger partial charge in [0.25, 0.3) is 0 Å². The zero-order chi connectivity index (χ0) is 15.3. The lowest BCUT2D eigenvalue weighted by molar-refractivity contribution is 0.0524. The lowest BCUT2D eigenvalue weighted by Crippen LogP contribution is -2.36. The van der Waals surface area contributed by atoms with Crippen LogP contribution in [0.4, 0.5) is 4.79 Å². The van der Waals surface area contributed by atoms with Crippen LogP contribution in [-0.4, -0.2) is 29.3 Å². The predicted octanol–water partition coefficient (Wildman–Crippen LogP) is 1.91. The normalized spacial score (nSPS) is 12.6. The molecule has 0 aromatic heterocycles. The largest absolute Gasteiger partial charge is 0.478 e. The van der Waals surface area contributed by atoms with Crippen molar-refractivity contribution in [1.29, 1.82) is 0 Å². The van der Waals surface area contributed by atoms with Crippen LogP contribution in [0.15, 0.2) is 24.3 Å². The molecule has 0 heterocycles. The maximum atomic E-state index is 11.5. The van der Waals surface area contributed by atoms with Crippen molar-refractivity contribution in [3.05, 3.63) is 35.4 Å². The summed E-state index contributed by atoms with van der Waals surface area (Å²) in [5.41, 5.74) is 6.29. The molecule has 0 saturated heterocycles. The summed E-state index contributed by atoms with van der Waals surface area (Å²) in [7, 11) is 0. The average molecular weight is 280 g/mol. The number of carboxylic acids is 1. The fraction of sp³-hybridized carbons (Fsp3) is 0.429. The van der Waals surface area contributed by atoms with Crippen LogP contribution < -0.4 is 11.1 Å². The van der Waals surface area contributed by atoms with Crippen molar-refractivity contribution in [2.75, 3.05) is 6.54 Å². The second-order valence-corrected chi connectivity index (χ2v) is 5.42. The van der Waals surface area contributed by atoms with E-state index < -0.39 is 23.7 Å². The van der Waals surface area contributed by atoms with Crippen LogP contribution in [0.3, 0.4) is 0 Å². The summed E-state index contributed by atoms with van der Waals surface area (Å²) in [6, 6.07) is 5.79. The first kappa shape index (κ1) is 16.0. The molecule has 0 fully saturated rings. The number of aromatic carboxylic acids is 1. The van der Waals surface area contributed by atoms with E-state index in [-0.39, 0.29) is 12.1 Å². The highest BCUT2D eigenvalue weighted by atomic mass is 16.6. The highest BCUT2D eigenvalue weighted by Gasteiger charge is 2.17. The molecule has 0 radical (unpaired) electrons. The molecule has 0 spiro atoms. The van der Waals surface area contributed by atoms with Gasteiger partial charge in [-0.15, -0.1) is 0 Å². The maximum absolute atomic E-state index is 11.5. The molecule has 1 rings (SSSR count). The van der Waals surface area contributed by atoms with Gasteiger partial charge in [-0.1, -0.05) is 12.1 Å². The minimum absolute atomic E-state index is 0.195. The first-order valence-corrected chi connectivity index (χ1v) is 6.25. The van der Waals surface area contributed by atoms with Gasteiger partial charge in [-0.25, -0.2) is 9.59 Å². The number of hydrogen-bond acceptors (Lipinski definition) is 4. The quantitative estimate of drug-likeness (QED) is 0.782. The Labute approximate surface area is 117 Å². The van der Waals surface area contributed by atoms with Crippen LogP contribution in [-0.2, 0) is 4.74 Å². The van der Waals surface area contributed by atoms with E-state index in [2.05, 4.69) is 5.32 Å². The van der Waals surface area contributed by atoms with E-state index in [1.807, 2.05) is 0 Å². The minimum atomic E-state index is -0.989. The molecular weight excluding hydrogens is 260 g/mol. The summed E-state index contributed by atoms with van der Waals surface area (Å²) in [4.78, 5) is 22.2. The summed E-state index contributed by atoms with van der Waals surface area (Å²) >= 11 is 0. The summed E-state index contributed by atoms with van der Waals surface area (Å²) in [5.74, 6) is -0.989. The Hall–Kier alpha value is -2.08. The van der Waals surface area contributed by atoms with E-state index in [0.717, 1.165) is 5.56 Å². The number of carbonyl (C=O) groups is 2. The van der Waals surface area contributed by atoms with E-state index in [4.69, 9.17) is 15.6 Å². The fourth-order valence-corrected chi connectivity index (χ4v) is 1.50. The van der Waals surface area contributed by atoms with Crippen molar-refractivity contribution in [3.8, 4) is 0 Å². The Balaban J connectivity index is 2.52. The second-order valence-electron chi connectivity index (χ2n) is 5.42. The van der Waals surface area contributed by atoms with Crippen LogP contribution in [0, 0.1) is 0 Å². The maximum Gasteiger partial charge on any atom is 0.407 e. The molecule has 0 saturated carbocycles. The highest BCUT2D eigenvalue weighted by Crippen LogP contribution is 2.12. The Bertz CT molecular complexity index is 477. The molecule has 0 aliphatic rings. The molecule has 0 aliphatic carbocycles. The molecule has 0 aliphatic heterocycles. The third kappa shape index (κ3) is 5.27. The number of carboxylic acid groups (broad SMARTS) is 1. The average Bonchev–Trinajstić information content (AvgIpc) is 2.34.